The summed E-state index contributed by atoms with van der Waals surface area (Å²) < 4.78 is 18.6. The number of carbonyl (C=O) groups excluding carboxylic acids is 1. The molecule has 0 aliphatic carbocycles. The van der Waals surface area contributed by atoms with Gasteiger partial charge in [0.2, 0.25) is 0 Å². The van der Waals surface area contributed by atoms with Gasteiger partial charge in [-0.2, -0.15) is 0 Å². The van der Waals surface area contributed by atoms with E-state index in [0.29, 0.717) is 24.2 Å². The van der Waals surface area contributed by atoms with Crippen molar-refractivity contribution in [2.45, 2.75) is 13.0 Å². The molecule has 0 aliphatic heterocycles. The van der Waals surface area contributed by atoms with Gasteiger partial charge in [-0.05, 0) is 24.1 Å². The molecular weight excluding hydrogens is 295 g/mol. The fourth-order valence-corrected chi connectivity index (χ4v) is 1.92. The number of anilines is 1. The van der Waals surface area contributed by atoms with Crippen LogP contribution in [0.5, 0.6) is 0 Å². The summed E-state index contributed by atoms with van der Waals surface area (Å²) in [6.45, 7) is 0.653. The Morgan fingerprint density at radius 2 is 2.00 bits per heavy atom. The van der Waals surface area contributed by atoms with E-state index in [0.717, 1.165) is 5.56 Å². The highest BCUT2D eigenvalue weighted by Gasteiger charge is 2.01. The molecule has 0 saturated carbocycles. The Bertz CT molecular complexity index is 672. The Kier molecular flexibility index (Phi) is 6.17. The molecule has 0 aromatic heterocycles. The van der Waals surface area contributed by atoms with Crippen LogP contribution in [0, 0.1) is 5.82 Å². The molecule has 0 bridgehead atoms. The standard InChI is InChI=1S/C18H19FN2O2/c19-17-12-16(20)10-9-15(17)8-4-5-11-21-18(22)23-13-14-6-2-1-3-7-14/h1-4,6-10,12H,5,11,13,20H2,(H,21,22). The number of nitrogen functional groups attached to an aromatic ring is 1. The predicted molar refractivity (Wildman–Crippen MR) is 89.1 cm³/mol. The molecule has 4 nitrogen and oxygen atoms in total. The van der Waals surface area contributed by atoms with Gasteiger partial charge in [-0.3, -0.25) is 0 Å². The molecule has 0 spiro atoms. The molecule has 0 saturated heterocycles. The largest absolute Gasteiger partial charge is 0.445 e. The summed E-state index contributed by atoms with van der Waals surface area (Å²) in [5.41, 5.74) is 7.27. The quantitative estimate of drug-likeness (QED) is 0.630. The maximum Gasteiger partial charge on any atom is 0.407 e. The summed E-state index contributed by atoms with van der Waals surface area (Å²) in [6.07, 6.45) is 3.54. The Hall–Kier alpha value is -2.82. The number of nitrogens with one attached hydrogen (secondary N) is 1. The zero-order valence-electron chi connectivity index (χ0n) is 12.7. The van der Waals surface area contributed by atoms with Gasteiger partial charge in [-0.25, -0.2) is 9.18 Å². The van der Waals surface area contributed by atoms with Crippen LogP contribution in [0.15, 0.2) is 54.6 Å². The monoisotopic (exact) mass is 314 g/mol. The van der Waals surface area contributed by atoms with Crippen molar-refractivity contribution in [1.82, 2.24) is 5.32 Å². The topological polar surface area (TPSA) is 64.3 Å². The zero-order chi connectivity index (χ0) is 16.5. The first kappa shape index (κ1) is 16.5. The van der Waals surface area contributed by atoms with Crippen LogP contribution in [0.1, 0.15) is 17.5 Å². The van der Waals surface area contributed by atoms with Crippen LogP contribution in [0.4, 0.5) is 14.9 Å². The minimum absolute atomic E-state index is 0.235. The Morgan fingerprint density at radius 1 is 1.22 bits per heavy atom. The summed E-state index contributed by atoms with van der Waals surface area (Å²) in [5.74, 6) is -0.364. The summed E-state index contributed by atoms with van der Waals surface area (Å²) >= 11 is 0. The number of hydrogen-bond donors (Lipinski definition) is 2. The first-order valence-electron chi connectivity index (χ1n) is 7.31. The van der Waals surface area contributed by atoms with Crippen LogP contribution < -0.4 is 11.1 Å². The average Bonchev–Trinajstić information content (AvgIpc) is 2.55. The molecule has 120 valence electrons. The molecule has 1 amide bonds. The lowest BCUT2D eigenvalue weighted by atomic mass is 10.1. The number of amides is 1. The molecule has 2 rings (SSSR count). The zero-order valence-corrected chi connectivity index (χ0v) is 12.7. The van der Waals surface area contributed by atoms with Gasteiger partial charge in [0.25, 0.3) is 0 Å². The first-order chi connectivity index (χ1) is 11.1. The summed E-state index contributed by atoms with van der Waals surface area (Å²) in [6, 6.07) is 14.0. The van der Waals surface area contributed by atoms with Gasteiger partial charge in [0, 0.05) is 17.8 Å². The SMILES string of the molecule is Nc1ccc(C=CCCNC(=O)OCc2ccccc2)c(F)c1. The highest BCUT2D eigenvalue weighted by molar-refractivity contribution is 5.67. The fourth-order valence-electron chi connectivity index (χ4n) is 1.92. The maximum atomic E-state index is 13.5. The number of alkyl carbamates (subject to hydrolysis) is 1. The predicted octanol–water partition coefficient (Wildman–Crippen LogP) is 3.74. The van der Waals surface area contributed by atoms with Gasteiger partial charge < -0.3 is 15.8 Å². The van der Waals surface area contributed by atoms with Crippen molar-refractivity contribution in [2.75, 3.05) is 12.3 Å². The van der Waals surface area contributed by atoms with Gasteiger partial charge in [0.15, 0.2) is 0 Å². The first-order valence-corrected chi connectivity index (χ1v) is 7.31. The molecule has 2 aromatic carbocycles. The molecule has 3 N–H and O–H groups in total. The number of ether oxygens (including phenoxy) is 1. The molecule has 0 aliphatic rings. The van der Waals surface area contributed by atoms with Crippen LogP contribution in [0.25, 0.3) is 6.08 Å². The Morgan fingerprint density at radius 3 is 2.74 bits per heavy atom. The number of benzene rings is 2. The van der Waals surface area contributed by atoms with Crippen molar-refractivity contribution in [2.24, 2.45) is 0 Å². The number of carbonyl (C=O) groups is 1. The van der Waals surface area contributed by atoms with Crippen LogP contribution in [-0.2, 0) is 11.3 Å². The molecule has 0 unspecified atom stereocenters. The molecule has 5 heteroatoms. The molecule has 0 fully saturated rings. The van der Waals surface area contributed by atoms with Gasteiger partial charge in [-0.15, -0.1) is 0 Å². The minimum atomic E-state index is -0.471. The smallest absolute Gasteiger partial charge is 0.407 e. The molecule has 0 radical (unpaired) electrons. The molecule has 23 heavy (non-hydrogen) atoms. The second-order valence-electron chi connectivity index (χ2n) is 4.96. The number of hydrogen-bond acceptors (Lipinski definition) is 3. The van der Waals surface area contributed by atoms with Crippen molar-refractivity contribution in [3.05, 3.63) is 71.6 Å². The highest BCUT2D eigenvalue weighted by Crippen LogP contribution is 2.13. The van der Waals surface area contributed by atoms with E-state index in [-0.39, 0.29) is 12.4 Å². The molecule has 2 aromatic rings. The van der Waals surface area contributed by atoms with Gasteiger partial charge in [0.05, 0.1) is 0 Å². The Balaban J connectivity index is 1.66. The van der Waals surface area contributed by atoms with E-state index in [2.05, 4.69) is 5.32 Å². The van der Waals surface area contributed by atoms with E-state index < -0.39 is 6.09 Å². The second kappa shape index (κ2) is 8.58. The lowest BCUT2D eigenvalue weighted by Crippen LogP contribution is -2.24. The van der Waals surface area contributed by atoms with Crippen LogP contribution in [0.3, 0.4) is 0 Å². The lowest BCUT2D eigenvalue weighted by Gasteiger charge is -2.06. The summed E-state index contributed by atoms with van der Waals surface area (Å²) in [7, 11) is 0. The highest BCUT2D eigenvalue weighted by atomic mass is 19.1. The third-order valence-corrected chi connectivity index (χ3v) is 3.12. The fraction of sp³-hybridized carbons (Fsp3) is 0.167. The maximum absolute atomic E-state index is 13.5. The van der Waals surface area contributed by atoms with Crippen molar-refractivity contribution >= 4 is 17.9 Å². The average molecular weight is 314 g/mol. The van der Waals surface area contributed by atoms with E-state index in [1.807, 2.05) is 30.3 Å². The summed E-state index contributed by atoms with van der Waals surface area (Å²) in [5, 5.41) is 2.64. The van der Waals surface area contributed by atoms with Gasteiger partial charge in [-0.1, -0.05) is 48.6 Å². The van der Waals surface area contributed by atoms with Crippen molar-refractivity contribution in [3.63, 3.8) is 0 Å². The van der Waals surface area contributed by atoms with E-state index in [1.54, 1.807) is 24.3 Å². The Labute approximate surface area is 134 Å². The molecule has 0 atom stereocenters. The van der Waals surface area contributed by atoms with Crippen molar-refractivity contribution in [1.29, 1.82) is 0 Å². The third kappa shape index (κ3) is 5.82. The number of nitrogens with two attached hydrogens (primary N) is 1. The van der Waals surface area contributed by atoms with Crippen molar-refractivity contribution < 1.29 is 13.9 Å². The van der Waals surface area contributed by atoms with E-state index >= 15 is 0 Å². The van der Waals surface area contributed by atoms with Crippen LogP contribution in [-0.4, -0.2) is 12.6 Å². The van der Waals surface area contributed by atoms with E-state index in [1.165, 1.54) is 6.07 Å². The molecule has 0 heterocycles. The van der Waals surface area contributed by atoms with Crippen LogP contribution >= 0.6 is 0 Å². The van der Waals surface area contributed by atoms with E-state index in [9.17, 15) is 9.18 Å². The van der Waals surface area contributed by atoms with Gasteiger partial charge in [0.1, 0.15) is 12.4 Å². The molecular formula is C18H19FN2O2. The normalized spacial score (nSPS) is 10.7. The third-order valence-electron chi connectivity index (χ3n) is 3.12. The number of halogens is 1. The van der Waals surface area contributed by atoms with E-state index in [4.69, 9.17) is 10.5 Å². The van der Waals surface area contributed by atoms with Crippen molar-refractivity contribution in [3.8, 4) is 0 Å². The minimum Gasteiger partial charge on any atom is -0.445 e. The second-order valence-corrected chi connectivity index (χ2v) is 4.96. The number of rotatable bonds is 6. The summed E-state index contributed by atoms with van der Waals surface area (Å²) in [4.78, 5) is 11.5. The van der Waals surface area contributed by atoms with Gasteiger partial charge >= 0.3 is 6.09 Å². The van der Waals surface area contributed by atoms with Crippen LogP contribution in [0.2, 0.25) is 0 Å². The lowest BCUT2D eigenvalue weighted by molar-refractivity contribution is 0.140.